The summed E-state index contributed by atoms with van der Waals surface area (Å²) >= 11 is 0. The van der Waals surface area contributed by atoms with Crippen LogP contribution in [0.4, 0.5) is 5.69 Å². The number of nitrogens with one attached hydrogen (secondary N) is 1. The standard InChI is InChI=1S/C25H31N3O3/c1-20-12-14-22(15-13-20)28(19-24(30)27-17-6-3-7-18-27)23(29)11-8-16-26-25(31)21-9-4-2-5-10-21/h2,4-5,9-10,12-15H,3,6-8,11,16-19H2,1H3,(H,26,31). The molecule has 6 heteroatoms. The number of carbonyl (C=O) groups excluding carboxylic acids is 3. The van der Waals surface area contributed by atoms with Gasteiger partial charge in [-0.2, -0.15) is 0 Å². The summed E-state index contributed by atoms with van der Waals surface area (Å²) in [6.45, 7) is 3.98. The van der Waals surface area contributed by atoms with E-state index in [0.717, 1.165) is 43.6 Å². The molecule has 1 saturated heterocycles. The first kappa shape index (κ1) is 22.5. The maximum Gasteiger partial charge on any atom is 0.251 e. The normalized spacial score (nSPS) is 13.5. The fourth-order valence-corrected chi connectivity index (χ4v) is 3.69. The predicted octanol–water partition coefficient (Wildman–Crippen LogP) is 3.55. The van der Waals surface area contributed by atoms with Crippen molar-refractivity contribution in [3.05, 3.63) is 65.7 Å². The molecule has 0 radical (unpaired) electrons. The monoisotopic (exact) mass is 421 g/mol. The van der Waals surface area contributed by atoms with E-state index < -0.39 is 0 Å². The van der Waals surface area contributed by atoms with Gasteiger partial charge in [0.1, 0.15) is 6.54 Å². The first-order chi connectivity index (χ1) is 15.0. The third-order valence-electron chi connectivity index (χ3n) is 5.54. The molecule has 164 valence electrons. The first-order valence-corrected chi connectivity index (χ1v) is 11.0. The molecule has 3 amide bonds. The Morgan fingerprint density at radius 2 is 1.61 bits per heavy atom. The van der Waals surface area contributed by atoms with E-state index in [-0.39, 0.29) is 30.7 Å². The average molecular weight is 422 g/mol. The van der Waals surface area contributed by atoms with Crippen molar-refractivity contribution in [2.24, 2.45) is 0 Å². The summed E-state index contributed by atoms with van der Waals surface area (Å²) < 4.78 is 0. The highest BCUT2D eigenvalue weighted by Gasteiger charge is 2.23. The Labute approximate surface area is 184 Å². The van der Waals surface area contributed by atoms with Crippen LogP contribution in [-0.4, -0.2) is 48.8 Å². The van der Waals surface area contributed by atoms with E-state index in [1.54, 1.807) is 17.0 Å². The lowest BCUT2D eigenvalue weighted by atomic mass is 10.1. The van der Waals surface area contributed by atoms with Crippen LogP contribution in [0.25, 0.3) is 0 Å². The lowest BCUT2D eigenvalue weighted by Crippen LogP contribution is -2.45. The van der Waals surface area contributed by atoms with Crippen LogP contribution in [0.3, 0.4) is 0 Å². The number of piperidine rings is 1. The molecule has 1 aliphatic rings. The molecule has 0 atom stereocenters. The number of nitrogens with zero attached hydrogens (tertiary/aromatic N) is 2. The molecular formula is C25H31N3O3. The maximum atomic E-state index is 13.0. The third kappa shape index (κ3) is 6.67. The summed E-state index contributed by atoms with van der Waals surface area (Å²) in [6, 6.07) is 16.7. The SMILES string of the molecule is Cc1ccc(N(CC(=O)N2CCCCC2)C(=O)CCCNC(=O)c2ccccc2)cc1. The Kier molecular flexibility index (Phi) is 8.21. The Morgan fingerprint density at radius 3 is 2.29 bits per heavy atom. The molecule has 0 aliphatic carbocycles. The van der Waals surface area contributed by atoms with Crippen LogP contribution in [0.2, 0.25) is 0 Å². The molecule has 2 aromatic rings. The summed E-state index contributed by atoms with van der Waals surface area (Å²) in [5.74, 6) is -0.266. The second-order valence-corrected chi connectivity index (χ2v) is 7.98. The van der Waals surface area contributed by atoms with Crippen molar-refractivity contribution in [1.29, 1.82) is 0 Å². The van der Waals surface area contributed by atoms with Crippen LogP contribution < -0.4 is 10.2 Å². The minimum absolute atomic E-state index is 0.00833. The third-order valence-corrected chi connectivity index (χ3v) is 5.54. The average Bonchev–Trinajstić information content (AvgIpc) is 2.81. The molecule has 0 spiro atoms. The fourth-order valence-electron chi connectivity index (χ4n) is 3.69. The Morgan fingerprint density at radius 1 is 0.935 bits per heavy atom. The van der Waals surface area contributed by atoms with Gasteiger partial charge in [0.05, 0.1) is 0 Å². The van der Waals surface area contributed by atoms with E-state index >= 15 is 0 Å². The molecule has 1 fully saturated rings. The molecule has 2 aromatic carbocycles. The number of likely N-dealkylation sites (tertiary alicyclic amines) is 1. The van der Waals surface area contributed by atoms with Crippen LogP contribution >= 0.6 is 0 Å². The summed E-state index contributed by atoms with van der Waals surface area (Å²) in [5.41, 5.74) is 2.43. The second kappa shape index (κ2) is 11.3. The van der Waals surface area contributed by atoms with Crippen LogP contribution in [0.5, 0.6) is 0 Å². The Hall–Kier alpha value is -3.15. The molecule has 0 aromatic heterocycles. The van der Waals surface area contributed by atoms with E-state index in [0.29, 0.717) is 18.5 Å². The van der Waals surface area contributed by atoms with Gasteiger partial charge >= 0.3 is 0 Å². The summed E-state index contributed by atoms with van der Waals surface area (Å²) in [6.07, 6.45) is 3.96. The molecule has 1 aliphatic heterocycles. The highest BCUT2D eigenvalue weighted by atomic mass is 16.2. The van der Waals surface area contributed by atoms with Crippen molar-refractivity contribution in [1.82, 2.24) is 10.2 Å². The summed E-state index contributed by atoms with van der Waals surface area (Å²) in [7, 11) is 0. The molecule has 0 unspecified atom stereocenters. The quantitative estimate of drug-likeness (QED) is 0.663. The minimum atomic E-state index is -0.149. The van der Waals surface area contributed by atoms with Crippen molar-refractivity contribution in [2.75, 3.05) is 31.1 Å². The smallest absolute Gasteiger partial charge is 0.251 e. The number of benzene rings is 2. The van der Waals surface area contributed by atoms with Gasteiger partial charge in [-0.15, -0.1) is 0 Å². The van der Waals surface area contributed by atoms with Crippen LogP contribution in [-0.2, 0) is 9.59 Å². The number of carbonyl (C=O) groups is 3. The van der Waals surface area contributed by atoms with Gasteiger partial charge < -0.3 is 15.1 Å². The number of hydrogen-bond donors (Lipinski definition) is 1. The zero-order chi connectivity index (χ0) is 22.1. The highest BCUT2D eigenvalue weighted by Crippen LogP contribution is 2.18. The minimum Gasteiger partial charge on any atom is -0.352 e. The van der Waals surface area contributed by atoms with Gasteiger partial charge in [-0.1, -0.05) is 35.9 Å². The van der Waals surface area contributed by atoms with Crippen LogP contribution in [0.15, 0.2) is 54.6 Å². The molecule has 1 heterocycles. The van der Waals surface area contributed by atoms with Crippen molar-refractivity contribution < 1.29 is 14.4 Å². The number of rotatable bonds is 8. The highest BCUT2D eigenvalue weighted by molar-refractivity contribution is 5.99. The number of aryl methyl sites for hydroxylation is 1. The Balaban J connectivity index is 1.57. The van der Waals surface area contributed by atoms with Crippen molar-refractivity contribution in [2.45, 2.75) is 39.0 Å². The molecule has 1 N–H and O–H groups in total. The number of hydrogen-bond acceptors (Lipinski definition) is 3. The zero-order valence-corrected chi connectivity index (χ0v) is 18.2. The van der Waals surface area contributed by atoms with Gasteiger partial charge in [0, 0.05) is 37.3 Å². The fraction of sp³-hybridized carbons (Fsp3) is 0.400. The van der Waals surface area contributed by atoms with Gasteiger partial charge in [-0.05, 0) is 56.9 Å². The van der Waals surface area contributed by atoms with E-state index in [2.05, 4.69) is 5.32 Å². The molecular weight excluding hydrogens is 390 g/mol. The Bertz CT molecular complexity index is 875. The summed E-state index contributed by atoms with van der Waals surface area (Å²) in [5, 5.41) is 2.85. The number of anilines is 1. The second-order valence-electron chi connectivity index (χ2n) is 7.98. The molecule has 0 bridgehead atoms. The van der Waals surface area contributed by atoms with Gasteiger partial charge in [0.2, 0.25) is 11.8 Å². The molecule has 0 saturated carbocycles. The zero-order valence-electron chi connectivity index (χ0n) is 18.2. The van der Waals surface area contributed by atoms with E-state index in [1.165, 1.54) is 0 Å². The predicted molar refractivity (Wildman–Crippen MR) is 122 cm³/mol. The van der Waals surface area contributed by atoms with Gasteiger partial charge in [0.15, 0.2) is 0 Å². The van der Waals surface area contributed by atoms with Gasteiger partial charge in [-0.25, -0.2) is 0 Å². The van der Waals surface area contributed by atoms with Gasteiger partial charge in [0.25, 0.3) is 5.91 Å². The van der Waals surface area contributed by atoms with Crippen LogP contribution in [0, 0.1) is 6.92 Å². The van der Waals surface area contributed by atoms with Crippen molar-refractivity contribution in [3.63, 3.8) is 0 Å². The first-order valence-electron chi connectivity index (χ1n) is 11.0. The van der Waals surface area contributed by atoms with Crippen LogP contribution in [0.1, 0.15) is 48.0 Å². The van der Waals surface area contributed by atoms with E-state index in [1.807, 2.05) is 54.3 Å². The largest absolute Gasteiger partial charge is 0.352 e. The van der Waals surface area contributed by atoms with Crippen molar-refractivity contribution in [3.8, 4) is 0 Å². The molecule has 3 rings (SSSR count). The van der Waals surface area contributed by atoms with E-state index in [9.17, 15) is 14.4 Å². The molecule has 6 nitrogen and oxygen atoms in total. The van der Waals surface area contributed by atoms with E-state index in [4.69, 9.17) is 0 Å². The molecule has 31 heavy (non-hydrogen) atoms. The van der Waals surface area contributed by atoms with Crippen molar-refractivity contribution >= 4 is 23.4 Å². The number of amides is 3. The van der Waals surface area contributed by atoms with Gasteiger partial charge in [-0.3, -0.25) is 14.4 Å². The lowest BCUT2D eigenvalue weighted by Gasteiger charge is -2.30. The lowest BCUT2D eigenvalue weighted by molar-refractivity contribution is -0.132. The topological polar surface area (TPSA) is 69.7 Å². The maximum absolute atomic E-state index is 13.0. The summed E-state index contributed by atoms with van der Waals surface area (Å²) in [4.78, 5) is 41.4.